The van der Waals surface area contributed by atoms with Crippen molar-refractivity contribution >= 4 is 5.97 Å². The highest BCUT2D eigenvalue weighted by Crippen LogP contribution is 2.24. The molecule has 0 fully saturated rings. The number of carboxylic acid groups (broad SMARTS) is 1. The van der Waals surface area contributed by atoms with Crippen molar-refractivity contribution in [1.29, 1.82) is 0 Å². The lowest BCUT2D eigenvalue weighted by Gasteiger charge is -2.27. The minimum Gasteiger partial charge on any atom is -0.478 e. The normalized spacial score (nSPS) is 15.6. The van der Waals surface area contributed by atoms with Gasteiger partial charge in [-0.15, -0.1) is 0 Å². The van der Waals surface area contributed by atoms with Crippen LogP contribution in [0.2, 0.25) is 0 Å². The van der Waals surface area contributed by atoms with Gasteiger partial charge in [0, 0.05) is 18.4 Å². The fourth-order valence-corrected chi connectivity index (χ4v) is 1.87. The summed E-state index contributed by atoms with van der Waals surface area (Å²) in [6, 6.07) is 9.97. The van der Waals surface area contributed by atoms with Crippen molar-refractivity contribution in [3.63, 3.8) is 0 Å². The van der Waals surface area contributed by atoms with Crippen LogP contribution in [0.5, 0.6) is 0 Å². The second kappa shape index (κ2) is 4.87. The van der Waals surface area contributed by atoms with Gasteiger partial charge in [0.05, 0.1) is 5.57 Å². The maximum absolute atomic E-state index is 10.9. The van der Waals surface area contributed by atoms with Gasteiger partial charge < -0.3 is 10.0 Å². The lowest BCUT2D eigenvalue weighted by atomic mass is 10.0. The zero-order valence-electron chi connectivity index (χ0n) is 9.60. The summed E-state index contributed by atoms with van der Waals surface area (Å²) in [4.78, 5) is 12.9. The van der Waals surface area contributed by atoms with E-state index in [1.165, 1.54) is 0 Å². The molecule has 0 saturated carbocycles. The molecule has 88 valence electrons. The molecule has 17 heavy (non-hydrogen) atoms. The van der Waals surface area contributed by atoms with Crippen LogP contribution in [0.15, 0.2) is 54.4 Å². The molecule has 0 aromatic heterocycles. The molecule has 1 aliphatic rings. The molecule has 0 bridgehead atoms. The Labute approximate surface area is 101 Å². The Bertz CT molecular complexity index is 462. The third kappa shape index (κ3) is 2.75. The lowest BCUT2D eigenvalue weighted by molar-refractivity contribution is -0.133. The van der Waals surface area contributed by atoms with E-state index in [4.69, 9.17) is 5.11 Å². The third-order valence-corrected chi connectivity index (χ3v) is 2.87. The molecule has 0 atom stereocenters. The minimum absolute atomic E-state index is 0.452. The number of hydrogen-bond donors (Lipinski definition) is 1. The smallest absolute Gasteiger partial charge is 0.333 e. The maximum Gasteiger partial charge on any atom is 0.333 e. The molecule has 0 spiro atoms. The van der Waals surface area contributed by atoms with Crippen LogP contribution in [-0.4, -0.2) is 16.0 Å². The molecule has 1 heterocycles. The van der Waals surface area contributed by atoms with Gasteiger partial charge in [-0.2, -0.15) is 0 Å². The highest BCUT2D eigenvalue weighted by molar-refractivity contribution is 5.86. The molecule has 0 amide bonds. The predicted molar refractivity (Wildman–Crippen MR) is 66.1 cm³/mol. The summed E-state index contributed by atoms with van der Waals surface area (Å²) in [6.07, 6.45) is 2.98. The number of hydrogen-bond acceptors (Lipinski definition) is 2. The monoisotopic (exact) mass is 229 g/mol. The fourth-order valence-electron chi connectivity index (χ4n) is 1.87. The van der Waals surface area contributed by atoms with E-state index in [2.05, 4.69) is 6.58 Å². The number of benzene rings is 1. The average Bonchev–Trinajstić information content (AvgIpc) is 2.33. The van der Waals surface area contributed by atoms with E-state index in [1.54, 1.807) is 6.20 Å². The van der Waals surface area contributed by atoms with E-state index in [1.807, 2.05) is 35.2 Å². The minimum atomic E-state index is -0.837. The van der Waals surface area contributed by atoms with E-state index in [9.17, 15) is 4.79 Å². The molecule has 1 N–H and O–H groups in total. The van der Waals surface area contributed by atoms with Gasteiger partial charge in [-0.3, -0.25) is 0 Å². The molecule has 3 heteroatoms. The highest BCUT2D eigenvalue weighted by Gasteiger charge is 2.18. The van der Waals surface area contributed by atoms with Gasteiger partial charge in [-0.25, -0.2) is 4.79 Å². The Balaban J connectivity index is 2.16. The van der Waals surface area contributed by atoms with Crippen LogP contribution in [0.4, 0.5) is 0 Å². The number of carbonyl (C=O) groups is 1. The summed E-state index contributed by atoms with van der Waals surface area (Å²) < 4.78 is 0. The fraction of sp³-hybridized carbons (Fsp3) is 0.214. The Morgan fingerprint density at radius 2 is 2.00 bits per heavy atom. The van der Waals surface area contributed by atoms with Crippen molar-refractivity contribution in [3.05, 3.63) is 59.9 Å². The molecule has 2 rings (SSSR count). The quantitative estimate of drug-likeness (QED) is 0.866. The largest absolute Gasteiger partial charge is 0.478 e. The molecule has 1 aromatic carbocycles. The molecule has 0 radical (unpaired) electrons. The summed E-state index contributed by atoms with van der Waals surface area (Å²) >= 11 is 0. The van der Waals surface area contributed by atoms with Crippen LogP contribution in [0.3, 0.4) is 0 Å². The number of allylic oxidation sites excluding steroid dienone is 1. The summed E-state index contributed by atoms with van der Waals surface area (Å²) in [6.45, 7) is 4.65. The van der Waals surface area contributed by atoms with E-state index in [0.29, 0.717) is 25.0 Å². The molecule has 1 aromatic rings. The van der Waals surface area contributed by atoms with Crippen molar-refractivity contribution in [2.75, 3.05) is 0 Å². The van der Waals surface area contributed by atoms with E-state index >= 15 is 0 Å². The Morgan fingerprint density at radius 3 is 2.65 bits per heavy atom. The van der Waals surface area contributed by atoms with Crippen molar-refractivity contribution < 1.29 is 9.90 Å². The van der Waals surface area contributed by atoms with Gasteiger partial charge >= 0.3 is 5.97 Å². The predicted octanol–water partition coefficient (Wildman–Crippen LogP) is 2.76. The molecular formula is C14H15NO2. The van der Waals surface area contributed by atoms with Gasteiger partial charge in [-0.05, 0) is 18.4 Å². The van der Waals surface area contributed by atoms with Gasteiger partial charge in [0.2, 0.25) is 0 Å². The van der Waals surface area contributed by atoms with Crippen LogP contribution >= 0.6 is 0 Å². The molecule has 3 nitrogen and oxygen atoms in total. The summed E-state index contributed by atoms with van der Waals surface area (Å²) in [5.41, 5.74) is 2.57. The van der Waals surface area contributed by atoms with E-state index < -0.39 is 5.97 Å². The van der Waals surface area contributed by atoms with Gasteiger partial charge in [0.25, 0.3) is 0 Å². The van der Waals surface area contributed by atoms with Crippen molar-refractivity contribution in [2.24, 2.45) is 0 Å². The summed E-state index contributed by atoms with van der Waals surface area (Å²) in [5, 5.41) is 8.98. The molecule has 0 unspecified atom stereocenters. The summed E-state index contributed by atoms with van der Waals surface area (Å²) in [5.74, 6) is -0.837. The first kappa shape index (κ1) is 11.5. The van der Waals surface area contributed by atoms with Crippen molar-refractivity contribution in [3.8, 4) is 0 Å². The van der Waals surface area contributed by atoms with Crippen LogP contribution < -0.4 is 0 Å². The van der Waals surface area contributed by atoms with Crippen LogP contribution in [0.25, 0.3) is 0 Å². The number of carboxylic acids is 1. The summed E-state index contributed by atoms with van der Waals surface area (Å²) in [7, 11) is 0. The van der Waals surface area contributed by atoms with Crippen LogP contribution in [-0.2, 0) is 11.3 Å². The Kier molecular flexibility index (Phi) is 3.28. The molecular weight excluding hydrogens is 214 g/mol. The van der Waals surface area contributed by atoms with E-state index in [-0.39, 0.29) is 0 Å². The zero-order chi connectivity index (χ0) is 12.3. The van der Waals surface area contributed by atoms with Gasteiger partial charge in [-0.1, -0.05) is 36.9 Å². The second-order valence-corrected chi connectivity index (χ2v) is 4.14. The first-order valence-electron chi connectivity index (χ1n) is 5.59. The Hall–Kier alpha value is -2.03. The average molecular weight is 229 g/mol. The number of rotatable bonds is 3. The Morgan fingerprint density at radius 1 is 1.29 bits per heavy atom. The highest BCUT2D eigenvalue weighted by atomic mass is 16.4. The molecule has 0 aliphatic carbocycles. The third-order valence-electron chi connectivity index (χ3n) is 2.87. The van der Waals surface area contributed by atoms with Gasteiger partial charge in [0.1, 0.15) is 0 Å². The van der Waals surface area contributed by atoms with E-state index in [0.717, 1.165) is 11.3 Å². The SMILES string of the molecule is C=C1CCC(C(=O)O)=CN1Cc1ccccc1. The standard InChI is InChI=1S/C14H15NO2/c1-11-7-8-13(14(16)17)10-15(11)9-12-5-3-2-4-6-12/h2-6,10H,1,7-9H2,(H,16,17). The van der Waals surface area contributed by atoms with Crippen LogP contribution in [0, 0.1) is 0 Å². The number of nitrogens with zero attached hydrogens (tertiary/aromatic N) is 1. The van der Waals surface area contributed by atoms with Crippen molar-refractivity contribution in [2.45, 2.75) is 19.4 Å². The lowest BCUT2D eigenvalue weighted by Crippen LogP contribution is -2.22. The van der Waals surface area contributed by atoms with Gasteiger partial charge in [0.15, 0.2) is 0 Å². The second-order valence-electron chi connectivity index (χ2n) is 4.14. The number of aliphatic carboxylic acids is 1. The molecule has 0 saturated heterocycles. The maximum atomic E-state index is 10.9. The molecule has 1 aliphatic heterocycles. The topological polar surface area (TPSA) is 40.5 Å². The first-order chi connectivity index (χ1) is 8.16. The van der Waals surface area contributed by atoms with Crippen LogP contribution in [0.1, 0.15) is 18.4 Å². The zero-order valence-corrected chi connectivity index (χ0v) is 9.60. The first-order valence-corrected chi connectivity index (χ1v) is 5.59. The van der Waals surface area contributed by atoms with Crippen molar-refractivity contribution in [1.82, 2.24) is 4.90 Å².